The fraction of sp³-hybridized carbons (Fsp3) is 0.234. The van der Waals surface area contributed by atoms with E-state index in [4.69, 9.17) is 67.5 Å². The van der Waals surface area contributed by atoms with E-state index in [2.05, 4.69) is 41.7 Å². The van der Waals surface area contributed by atoms with Gasteiger partial charge in [-0.15, -0.1) is 34.8 Å². The molecule has 0 saturated carbocycles. The van der Waals surface area contributed by atoms with Gasteiger partial charge in [-0.25, -0.2) is 0 Å². The van der Waals surface area contributed by atoms with Crippen LogP contribution in [-0.4, -0.2) is 73.3 Å². The predicted molar refractivity (Wildman–Crippen MR) is 265 cm³/mol. The Balaban J connectivity index is 1.28. The molecule has 5 rings (SSSR count). The van der Waals surface area contributed by atoms with Crippen LogP contribution < -0.4 is 30.7 Å². The largest absolute Gasteiger partial charge is 0.495 e. The highest BCUT2D eigenvalue weighted by atomic mass is 35.5. The Hall–Kier alpha value is -6.43. The minimum atomic E-state index is -1.65. The van der Waals surface area contributed by atoms with Crippen LogP contribution in [0.4, 0.5) is 34.1 Å². The summed E-state index contributed by atoms with van der Waals surface area (Å²) in [6.45, 7) is 2.30. The summed E-state index contributed by atoms with van der Waals surface area (Å²) in [7, 11) is 2.94. The Labute approximate surface area is 416 Å². The first-order valence-corrected chi connectivity index (χ1v) is 22.8. The van der Waals surface area contributed by atoms with Gasteiger partial charge >= 0.3 is 0 Å². The van der Waals surface area contributed by atoms with Crippen molar-refractivity contribution in [2.24, 2.45) is 20.5 Å². The number of carbonyl (C=O) groups is 6. The second kappa shape index (κ2) is 25.1. The molecule has 0 heterocycles. The molecule has 0 fully saturated rings. The molecule has 2 atom stereocenters. The van der Waals surface area contributed by atoms with Crippen LogP contribution in [-0.2, 0) is 37.9 Å². The normalized spacial score (nSPS) is 12.0. The van der Waals surface area contributed by atoms with E-state index in [9.17, 15) is 28.8 Å². The average Bonchev–Trinajstić information content (AvgIpc) is 3.31. The fourth-order valence-corrected chi connectivity index (χ4v) is 7.62. The number of Topliss-reactive ketones (excluding diaryl/α,β-unsaturated/α-hetero) is 2. The lowest BCUT2D eigenvalue weighted by Gasteiger charge is -2.16. The Bertz CT molecular complexity index is 2790. The molecule has 16 nitrogen and oxygen atoms in total. The van der Waals surface area contributed by atoms with E-state index in [1.807, 2.05) is 0 Å². The van der Waals surface area contributed by atoms with Gasteiger partial charge in [0.15, 0.2) is 11.6 Å². The summed E-state index contributed by atoms with van der Waals surface area (Å²) < 4.78 is 10.9. The second-order valence-electron chi connectivity index (χ2n) is 14.5. The number of aryl methyl sites for hydroxylation is 2. The number of azo groups is 2. The molecule has 5 aromatic rings. The summed E-state index contributed by atoms with van der Waals surface area (Å²) in [6.07, 6.45) is 0.911. The third kappa shape index (κ3) is 13.2. The number of methoxy groups -OCH3 is 2. The molecule has 4 amide bonds. The van der Waals surface area contributed by atoms with Crippen molar-refractivity contribution in [3.8, 4) is 11.5 Å². The van der Waals surface area contributed by atoms with Gasteiger partial charge in [0.05, 0.1) is 46.8 Å². The molecule has 0 aromatic heterocycles. The van der Waals surface area contributed by atoms with Crippen molar-refractivity contribution in [3.63, 3.8) is 0 Å². The minimum absolute atomic E-state index is 0.00529. The first kappa shape index (κ1) is 52.5. The Morgan fingerprint density at radius 2 is 1.00 bits per heavy atom. The van der Waals surface area contributed by atoms with E-state index >= 15 is 0 Å². The molecule has 4 N–H and O–H groups in total. The van der Waals surface area contributed by atoms with Crippen LogP contribution in [0.5, 0.6) is 11.5 Å². The van der Waals surface area contributed by atoms with Crippen molar-refractivity contribution < 1.29 is 38.2 Å². The van der Waals surface area contributed by atoms with Crippen LogP contribution in [0.25, 0.3) is 0 Å². The maximum Gasteiger partial charge on any atom is 0.258 e. The summed E-state index contributed by atoms with van der Waals surface area (Å²) in [5, 5.41) is 26.7. The average molecular weight is 1030 g/mol. The predicted octanol–water partition coefficient (Wildman–Crippen LogP) is 11.2. The zero-order chi connectivity index (χ0) is 49.5. The summed E-state index contributed by atoms with van der Waals surface area (Å²) in [5.74, 6) is -2.95. The second-order valence-corrected chi connectivity index (χ2v) is 16.3. The number of para-hydroxylation sites is 2. The lowest BCUT2D eigenvalue weighted by Crippen LogP contribution is -2.32. The van der Waals surface area contributed by atoms with E-state index in [1.165, 1.54) is 68.8 Å². The number of rotatable bonds is 21. The van der Waals surface area contributed by atoms with Crippen molar-refractivity contribution in [3.05, 3.63) is 129 Å². The topological polar surface area (TPSA) is 218 Å². The summed E-state index contributed by atoms with van der Waals surface area (Å²) >= 11 is 31.4. The number of nitrogens with zero attached hydrogens (tertiary/aromatic N) is 4. The molecule has 21 heteroatoms. The van der Waals surface area contributed by atoms with Gasteiger partial charge in [-0.3, -0.25) is 28.8 Å². The van der Waals surface area contributed by atoms with Crippen LogP contribution in [0.15, 0.2) is 111 Å². The van der Waals surface area contributed by atoms with Gasteiger partial charge in [0, 0.05) is 29.0 Å². The van der Waals surface area contributed by atoms with Crippen molar-refractivity contribution in [1.29, 1.82) is 0 Å². The number of hydrogen-bond acceptors (Lipinski definition) is 12. The molecular formula is C47H43Cl5N8O8. The van der Waals surface area contributed by atoms with Crippen LogP contribution >= 0.6 is 58.0 Å². The van der Waals surface area contributed by atoms with Gasteiger partial charge in [-0.05, 0) is 98.0 Å². The molecule has 0 bridgehead atoms. The number of ether oxygens (including phenoxy) is 2. The summed E-state index contributed by atoms with van der Waals surface area (Å²) in [4.78, 5) is 79.1. The van der Waals surface area contributed by atoms with E-state index in [0.29, 0.717) is 53.0 Å². The van der Waals surface area contributed by atoms with Gasteiger partial charge in [0.2, 0.25) is 12.1 Å². The molecule has 354 valence electrons. The molecule has 0 spiro atoms. The number of anilines is 4. The van der Waals surface area contributed by atoms with Crippen molar-refractivity contribution in [2.75, 3.05) is 47.2 Å². The summed E-state index contributed by atoms with van der Waals surface area (Å²) in [6, 6.07) is 20.4. The highest BCUT2D eigenvalue weighted by molar-refractivity contribution is 6.37. The van der Waals surface area contributed by atoms with Gasteiger partial charge in [0.25, 0.3) is 23.6 Å². The third-order valence-corrected chi connectivity index (χ3v) is 11.4. The smallest absolute Gasteiger partial charge is 0.258 e. The van der Waals surface area contributed by atoms with Gasteiger partial charge in [-0.1, -0.05) is 59.6 Å². The minimum Gasteiger partial charge on any atom is -0.495 e. The summed E-state index contributed by atoms with van der Waals surface area (Å²) in [5.41, 5.74) is 3.07. The van der Waals surface area contributed by atoms with E-state index in [0.717, 1.165) is 25.0 Å². The quantitative estimate of drug-likeness (QED) is 0.0314. The lowest BCUT2D eigenvalue weighted by atomic mass is 10.1. The number of benzene rings is 5. The standard InChI is InChI=1S/C47H43Cl5N8O8/c1-25(61)40(59-57-34-13-7-11-31(38(34)51)44(63)55-42-27(19-21-48)9-5-15-36(42)67-3)46(65)53-30-17-18-33(29(23-30)24-50)54-47(66)41(26(2)62)60-58-35-14-8-12-32(39(35)52)45(64)56-43-28(20-22-49)10-6-16-37(43)68-4/h5-18,23,40-41H,19-22,24H2,1-4H3,(H,53,65)(H,54,66)(H,55,63)(H,56,64). The number of ketones is 2. The molecular weight excluding hydrogens is 982 g/mol. The highest BCUT2D eigenvalue weighted by Crippen LogP contribution is 2.35. The SMILES string of the molecule is COc1cccc(CCCl)c1NC(=O)c1cccc(N=NC(C(C)=O)C(=O)Nc2ccc(NC(=O)C(N=Nc3cccc(C(=O)Nc4c(CCCl)cccc4OC)c3Cl)C(C)=O)c(CCl)c2)c1Cl. The maximum atomic E-state index is 13.5. The Morgan fingerprint density at radius 1 is 0.559 bits per heavy atom. The molecule has 68 heavy (non-hydrogen) atoms. The van der Waals surface area contributed by atoms with Crippen LogP contribution in [0.1, 0.15) is 51.3 Å². The lowest BCUT2D eigenvalue weighted by molar-refractivity contribution is -0.127. The van der Waals surface area contributed by atoms with Crippen LogP contribution in [0, 0.1) is 0 Å². The fourth-order valence-electron chi connectivity index (χ4n) is 6.50. The van der Waals surface area contributed by atoms with Crippen molar-refractivity contribution in [2.45, 2.75) is 44.7 Å². The van der Waals surface area contributed by atoms with E-state index < -0.39 is 47.3 Å². The van der Waals surface area contributed by atoms with Crippen LogP contribution in [0.2, 0.25) is 10.0 Å². The molecule has 0 aliphatic heterocycles. The number of nitrogens with one attached hydrogen (secondary N) is 4. The molecule has 0 aliphatic rings. The molecule has 5 aromatic carbocycles. The zero-order valence-corrected chi connectivity index (χ0v) is 40.6. The number of halogens is 5. The molecule has 0 aliphatic carbocycles. The number of amides is 4. The first-order valence-electron chi connectivity index (χ1n) is 20.4. The third-order valence-electron chi connectivity index (χ3n) is 9.92. The number of carbonyl (C=O) groups excluding carboxylic acids is 6. The van der Waals surface area contributed by atoms with Crippen LogP contribution in [0.3, 0.4) is 0 Å². The molecule has 0 radical (unpaired) electrons. The molecule has 0 saturated heterocycles. The van der Waals surface area contributed by atoms with Gasteiger partial charge in [0.1, 0.15) is 22.9 Å². The highest BCUT2D eigenvalue weighted by Gasteiger charge is 2.27. The molecule has 2 unspecified atom stereocenters. The zero-order valence-electron chi connectivity index (χ0n) is 36.8. The van der Waals surface area contributed by atoms with Crippen molar-refractivity contribution in [1.82, 2.24) is 0 Å². The van der Waals surface area contributed by atoms with Crippen molar-refractivity contribution >= 4 is 127 Å². The monoisotopic (exact) mass is 1020 g/mol. The number of hydrogen-bond donors (Lipinski definition) is 4. The van der Waals surface area contributed by atoms with E-state index in [1.54, 1.807) is 36.4 Å². The van der Waals surface area contributed by atoms with Gasteiger partial charge in [-0.2, -0.15) is 20.5 Å². The maximum absolute atomic E-state index is 13.5. The van der Waals surface area contributed by atoms with E-state index in [-0.39, 0.29) is 49.8 Å². The number of alkyl halides is 3. The Morgan fingerprint density at radius 3 is 1.41 bits per heavy atom. The first-order chi connectivity index (χ1) is 32.6. The van der Waals surface area contributed by atoms with Gasteiger partial charge < -0.3 is 30.7 Å². The Kier molecular flexibility index (Phi) is 19.4.